The number of halogens is 4. The molecule has 21 heavy (non-hydrogen) atoms. The first-order chi connectivity index (χ1) is 9.88. The molecule has 2 aromatic carbocycles. The highest BCUT2D eigenvalue weighted by atomic mass is 79.9. The van der Waals surface area contributed by atoms with E-state index in [1.807, 2.05) is 0 Å². The number of aliphatic hydroxyl groups is 1. The molecule has 0 saturated carbocycles. The Kier molecular flexibility index (Phi) is 4.90. The van der Waals surface area contributed by atoms with E-state index in [2.05, 4.69) is 21.2 Å². The van der Waals surface area contributed by atoms with Crippen LogP contribution in [0, 0.1) is 24.4 Å². The van der Waals surface area contributed by atoms with Gasteiger partial charge in [-0.15, -0.1) is 0 Å². The predicted octanol–water partition coefficient (Wildman–Crippen LogP) is 4.32. The fourth-order valence-corrected chi connectivity index (χ4v) is 2.27. The fourth-order valence-electron chi connectivity index (χ4n) is 1.93. The van der Waals surface area contributed by atoms with E-state index in [-0.39, 0.29) is 22.4 Å². The molecular weight excluding hydrogens is 347 g/mol. The quantitative estimate of drug-likeness (QED) is 0.851. The molecule has 0 bridgehead atoms. The van der Waals surface area contributed by atoms with Crippen molar-refractivity contribution < 1.29 is 18.3 Å². The van der Waals surface area contributed by atoms with Gasteiger partial charge in [-0.05, 0) is 46.6 Å². The summed E-state index contributed by atoms with van der Waals surface area (Å²) in [5, 5.41) is 12.9. The van der Waals surface area contributed by atoms with Crippen LogP contribution >= 0.6 is 15.9 Å². The monoisotopic (exact) mass is 359 g/mol. The van der Waals surface area contributed by atoms with Crippen molar-refractivity contribution in [1.29, 1.82) is 0 Å². The van der Waals surface area contributed by atoms with Crippen LogP contribution < -0.4 is 5.32 Å². The Morgan fingerprint density at radius 2 is 1.86 bits per heavy atom. The van der Waals surface area contributed by atoms with Gasteiger partial charge in [-0.25, -0.2) is 13.2 Å². The fraction of sp³-hybridized carbons (Fsp3) is 0.200. The molecule has 2 rings (SSSR count). The van der Waals surface area contributed by atoms with E-state index in [1.54, 1.807) is 13.0 Å². The summed E-state index contributed by atoms with van der Waals surface area (Å²) in [5.74, 6) is -1.89. The molecule has 0 radical (unpaired) electrons. The van der Waals surface area contributed by atoms with E-state index in [9.17, 15) is 18.3 Å². The maximum absolute atomic E-state index is 13.5. The minimum atomic E-state index is -1.14. The molecule has 0 amide bonds. The molecule has 2 aromatic rings. The van der Waals surface area contributed by atoms with E-state index < -0.39 is 17.7 Å². The Labute approximate surface area is 128 Å². The predicted molar refractivity (Wildman–Crippen MR) is 78.6 cm³/mol. The minimum absolute atomic E-state index is 0.00253. The summed E-state index contributed by atoms with van der Waals surface area (Å²) in [6.45, 7) is 1.73. The first-order valence-corrected chi connectivity index (χ1v) is 7.00. The topological polar surface area (TPSA) is 32.3 Å². The van der Waals surface area contributed by atoms with Crippen molar-refractivity contribution in [3.8, 4) is 0 Å². The summed E-state index contributed by atoms with van der Waals surface area (Å²) in [6.07, 6.45) is -1.14. The maximum Gasteiger partial charge on any atom is 0.137 e. The van der Waals surface area contributed by atoms with Gasteiger partial charge in [0.25, 0.3) is 0 Å². The number of hydrogen-bond acceptors (Lipinski definition) is 2. The van der Waals surface area contributed by atoms with Crippen LogP contribution in [0.3, 0.4) is 0 Å². The van der Waals surface area contributed by atoms with Crippen LogP contribution in [0.25, 0.3) is 0 Å². The second-order valence-electron chi connectivity index (χ2n) is 4.64. The summed E-state index contributed by atoms with van der Waals surface area (Å²) < 4.78 is 40.0. The van der Waals surface area contributed by atoms with Gasteiger partial charge >= 0.3 is 0 Å². The molecule has 0 saturated heterocycles. The largest absolute Gasteiger partial charge is 0.386 e. The number of nitrogens with one attached hydrogen (secondary N) is 1. The van der Waals surface area contributed by atoms with Gasteiger partial charge in [0, 0.05) is 23.9 Å². The van der Waals surface area contributed by atoms with Gasteiger partial charge in [-0.3, -0.25) is 0 Å². The number of rotatable bonds is 4. The van der Waals surface area contributed by atoms with Crippen LogP contribution in [0.15, 0.2) is 34.8 Å². The van der Waals surface area contributed by atoms with E-state index in [0.29, 0.717) is 11.3 Å². The number of benzene rings is 2. The standard InChI is InChI=1S/C15H13BrF3NO/c1-8-4-13(19)11(16)6-14(8)20-7-15(21)10-3-2-9(17)5-12(10)18/h2-6,15,20-21H,7H2,1H3. The molecule has 0 fully saturated rings. The molecule has 2 nitrogen and oxygen atoms in total. The van der Waals surface area contributed by atoms with Crippen LogP contribution in [0.2, 0.25) is 0 Å². The van der Waals surface area contributed by atoms with E-state index in [4.69, 9.17) is 0 Å². The third-order valence-corrected chi connectivity index (χ3v) is 3.68. The van der Waals surface area contributed by atoms with Gasteiger partial charge in [0.1, 0.15) is 17.5 Å². The summed E-state index contributed by atoms with van der Waals surface area (Å²) in [5.41, 5.74) is 1.27. The first kappa shape index (κ1) is 15.9. The van der Waals surface area contributed by atoms with E-state index >= 15 is 0 Å². The van der Waals surface area contributed by atoms with E-state index in [0.717, 1.165) is 12.1 Å². The SMILES string of the molecule is Cc1cc(F)c(Br)cc1NCC(O)c1ccc(F)cc1F. The van der Waals surface area contributed by atoms with Crippen LogP contribution in [0.1, 0.15) is 17.2 Å². The zero-order valence-corrected chi connectivity index (χ0v) is 12.7. The van der Waals surface area contributed by atoms with Crippen molar-refractivity contribution in [2.75, 3.05) is 11.9 Å². The molecule has 6 heteroatoms. The lowest BCUT2D eigenvalue weighted by atomic mass is 10.1. The smallest absolute Gasteiger partial charge is 0.137 e. The zero-order chi connectivity index (χ0) is 15.6. The number of aliphatic hydroxyl groups excluding tert-OH is 1. The Bertz CT molecular complexity index is 664. The van der Waals surface area contributed by atoms with E-state index in [1.165, 1.54) is 12.1 Å². The lowest BCUT2D eigenvalue weighted by Gasteiger charge is -2.16. The average molecular weight is 360 g/mol. The molecule has 0 heterocycles. The number of anilines is 1. The van der Waals surface area contributed by atoms with Crippen LogP contribution in [0.5, 0.6) is 0 Å². The average Bonchev–Trinajstić information content (AvgIpc) is 2.41. The van der Waals surface area contributed by atoms with Gasteiger partial charge in [0.05, 0.1) is 10.6 Å². The molecule has 0 aromatic heterocycles. The molecule has 1 unspecified atom stereocenters. The third kappa shape index (κ3) is 3.77. The third-order valence-electron chi connectivity index (χ3n) is 3.07. The molecule has 1 atom stereocenters. The normalized spacial score (nSPS) is 12.3. The molecule has 0 aliphatic carbocycles. The van der Waals surface area contributed by atoms with Crippen molar-refractivity contribution in [2.24, 2.45) is 0 Å². The molecule has 0 spiro atoms. The van der Waals surface area contributed by atoms with Gasteiger partial charge in [-0.1, -0.05) is 6.07 Å². The zero-order valence-electron chi connectivity index (χ0n) is 11.1. The molecule has 0 aliphatic rings. The van der Waals surface area contributed by atoms with Gasteiger partial charge in [0.2, 0.25) is 0 Å². The molecule has 112 valence electrons. The van der Waals surface area contributed by atoms with Crippen molar-refractivity contribution in [3.63, 3.8) is 0 Å². The summed E-state index contributed by atoms with van der Waals surface area (Å²) >= 11 is 3.07. The highest BCUT2D eigenvalue weighted by Gasteiger charge is 2.14. The molecule has 0 aliphatic heterocycles. The van der Waals surface area contributed by atoms with Crippen molar-refractivity contribution in [3.05, 3.63) is 63.4 Å². The Morgan fingerprint density at radius 3 is 2.52 bits per heavy atom. The van der Waals surface area contributed by atoms with Crippen molar-refractivity contribution in [2.45, 2.75) is 13.0 Å². The highest BCUT2D eigenvalue weighted by Crippen LogP contribution is 2.25. The Morgan fingerprint density at radius 1 is 1.14 bits per heavy atom. The summed E-state index contributed by atoms with van der Waals surface area (Å²) in [7, 11) is 0. The highest BCUT2D eigenvalue weighted by molar-refractivity contribution is 9.10. The van der Waals surface area contributed by atoms with Gasteiger partial charge < -0.3 is 10.4 Å². The summed E-state index contributed by atoms with van der Waals surface area (Å²) in [6, 6.07) is 5.89. The van der Waals surface area contributed by atoms with Crippen LogP contribution in [-0.2, 0) is 0 Å². The molecule has 2 N–H and O–H groups in total. The second kappa shape index (κ2) is 6.49. The Hall–Kier alpha value is -1.53. The van der Waals surface area contributed by atoms with Crippen molar-refractivity contribution >= 4 is 21.6 Å². The van der Waals surface area contributed by atoms with Gasteiger partial charge in [0.15, 0.2) is 0 Å². The van der Waals surface area contributed by atoms with Gasteiger partial charge in [-0.2, -0.15) is 0 Å². The lowest BCUT2D eigenvalue weighted by molar-refractivity contribution is 0.186. The number of hydrogen-bond donors (Lipinski definition) is 2. The van der Waals surface area contributed by atoms with Crippen LogP contribution in [0.4, 0.5) is 18.9 Å². The first-order valence-electron chi connectivity index (χ1n) is 6.21. The second-order valence-corrected chi connectivity index (χ2v) is 5.50. The molecular formula is C15H13BrF3NO. The number of aryl methyl sites for hydroxylation is 1. The summed E-state index contributed by atoms with van der Waals surface area (Å²) in [4.78, 5) is 0. The maximum atomic E-state index is 13.5. The van der Waals surface area contributed by atoms with Crippen LogP contribution in [-0.4, -0.2) is 11.7 Å². The Balaban J connectivity index is 2.11. The lowest BCUT2D eigenvalue weighted by Crippen LogP contribution is -2.14. The van der Waals surface area contributed by atoms with Crippen molar-refractivity contribution in [1.82, 2.24) is 0 Å². The minimum Gasteiger partial charge on any atom is -0.386 e.